The Bertz CT molecular complexity index is 935. The first kappa shape index (κ1) is 15.6. The first-order valence-corrected chi connectivity index (χ1v) is 7.13. The molecule has 24 heavy (non-hydrogen) atoms. The summed E-state index contributed by atoms with van der Waals surface area (Å²) in [5.74, 6) is -1.75. The molecule has 0 saturated carbocycles. The first-order chi connectivity index (χ1) is 11.6. The molecule has 1 N–H and O–H groups in total. The molecule has 0 aliphatic heterocycles. The number of anilines is 1. The van der Waals surface area contributed by atoms with Gasteiger partial charge in [0.25, 0.3) is 5.91 Å². The van der Waals surface area contributed by atoms with Gasteiger partial charge in [0.1, 0.15) is 5.82 Å². The standard InChI is InChI=1S/C18H13FN2O3/c1-24-18(23)11-6-7-14(19)16(10-11)21-17(22)13-8-9-20-15-5-3-2-4-12(13)15/h2-10H,1H3,(H,21,22). The number of halogens is 1. The number of carbonyl (C=O) groups is 2. The Morgan fingerprint density at radius 1 is 1.12 bits per heavy atom. The van der Waals surface area contributed by atoms with Gasteiger partial charge >= 0.3 is 5.97 Å². The molecule has 0 saturated heterocycles. The zero-order chi connectivity index (χ0) is 17.1. The Balaban J connectivity index is 1.96. The topological polar surface area (TPSA) is 68.3 Å². The van der Waals surface area contributed by atoms with E-state index in [-0.39, 0.29) is 11.3 Å². The summed E-state index contributed by atoms with van der Waals surface area (Å²) >= 11 is 0. The quantitative estimate of drug-likeness (QED) is 0.750. The number of methoxy groups -OCH3 is 1. The van der Waals surface area contributed by atoms with E-state index in [1.54, 1.807) is 24.3 Å². The lowest BCUT2D eigenvalue weighted by Crippen LogP contribution is -2.14. The molecule has 1 aromatic heterocycles. The van der Waals surface area contributed by atoms with Crippen molar-refractivity contribution in [2.45, 2.75) is 0 Å². The van der Waals surface area contributed by atoms with Crippen molar-refractivity contribution in [1.29, 1.82) is 0 Å². The van der Waals surface area contributed by atoms with E-state index in [2.05, 4.69) is 15.0 Å². The molecular formula is C18H13FN2O3. The molecule has 0 aliphatic rings. The van der Waals surface area contributed by atoms with Crippen molar-refractivity contribution in [2.75, 3.05) is 12.4 Å². The Hall–Kier alpha value is -3.28. The van der Waals surface area contributed by atoms with Crippen molar-refractivity contribution in [3.05, 3.63) is 71.7 Å². The predicted molar refractivity (Wildman–Crippen MR) is 87.4 cm³/mol. The normalized spacial score (nSPS) is 10.4. The second-order valence-corrected chi connectivity index (χ2v) is 5.02. The Kier molecular flexibility index (Phi) is 4.20. The fourth-order valence-corrected chi connectivity index (χ4v) is 2.35. The summed E-state index contributed by atoms with van der Waals surface area (Å²) in [6.45, 7) is 0. The van der Waals surface area contributed by atoms with Gasteiger partial charge < -0.3 is 10.1 Å². The number of para-hydroxylation sites is 1. The number of amides is 1. The van der Waals surface area contributed by atoms with Crippen molar-refractivity contribution < 1.29 is 18.7 Å². The maximum atomic E-state index is 13.9. The third-order valence-electron chi connectivity index (χ3n) is 3.53. The van der Waals surface area contributed by atoms with E-state index >= 15 is 0 Å². The van der Waals surface area contributed by atoms with Crippen molar-refractivity contribution in [3.63, 3.8) is 0 Å². The third-order valence-corrected chi connectivity index (χ3v) is 3.53. The number of aromatic nitrogens is 1. The van der Waals surface area contributed by atoms with Crippen molar-refractivity contribution in [3.8, 4) is 0 Å². The van der Waals surface area contributed by atoms with Crippen LogP contribution in [0.4, 0.5) is 10.1 Å². The van der Waals surface area contributed by atoms with Gasteiger partial charge in [-0.25, -0.2) is 9.18 Å². The number of fused-ring (bicyclic) bond motifs is 1. The lowest BCUT2D eigenvalue weighted by Gasteiger charge is -2.09. The number of nitrogens with one attached hydrogen (secondary N) is 1. The van der Waals surface area contributed by atoms with Crippen LogP contribution in [0.5, 0.6) is 0 Å². The molecule has 0 bridgehead atoms. The van der Waals surface area contributed by atoms with Crippen molar-refractivity contribution >= 4 is 28.5 Å². The lowest BCUT2D eigenvalue weighted by atomic mass is 10.1. The Labute approximate surface area is 137 Å². The van der Waals surface area contributed by atoms with Crippen LogP contribution < -0.4 is 5.32 Å². The molecular weight excluding hydrogens is 311 g/mol. The van der Waals surface area contributed by atoms with E-state index in [1.807, 2.05) is 6.07 Å². The Morgan fingerprint density at radius 2 is 1.92 bits per heavy atom. The highest BCUT2D eigenvalue weighted by atomic mass is 19.1. The number of ether oxygens (including phenoxy) is 1. The van der Waals surface area contributed by atoms with Crippen molar-refractivity contribution in [2.24, 2.45) is 0 Å². The van der Waals surface area contributed by atoms with E-state index in [4.69, 9.17) is 0 Å². The number of carbonyl (C=O) groups excluding carboxylic acids is 2. The summed E-state index contributed by atoms with van der Waals surface area (Å²) in [6, 6.07) is 12.3. The van der Waals surface area contributed by atoms with Crippen LogP contribution in [0.15, 0.2) is 54.7 Å². The van der Waals surface area contributed by atoms with Crippen molar-refractivity contribution in [1.82, 2.24) is 4.98 Å². The van der Waals surface area contributed by atoms with Crippen LogP contribution in [-0.4, -0.2) is 24.0 Å². The zero-order valence-electron chi connectivity index (χ0n) is 12.7. The van der Waals surface area contributed by atoms with E-state index in [9.17, 15) is 14.0 Å². The molecule has 0 unspecified atom stereocenters. The fourth-order valence-electron chi connectivity index (χ4n) is 2.35. The van der Waals surface area contributed by atoms with E-state index in [1.165, 1.54) is 25.4 Å². The van der Waals surface area contributed by atoms with Crippen LogP contribution in [0, 0.1) is 5.82 Å². The molecule has 0 atom stereocenters. The average Bonchev–Trinajstić information content (AvgIpc) is 2.62. The summed E-state index contributed by atoms with van der Waals surface area (Å²) in [4.78, 5) is 28.2. The number of nitrogens with zero attached hydrogens (tertiary/aromatic N) is 1. The summed E-state index contributed by atoms with van der Waals surface area (Å²) in [7, 11) is 1.23. The number of benzene rings is 2. The predicted octanol–water partition coefficient (Wildman–Crippen LogP) is 3.41. The molecule has 0 spiro atoms. The summed E-state index contributed by atoms with van der Waals surface area (Å²) in [6.07, 6.45) is 1.51. The van der Waals surface area contributed by atoms with Gasteiger partial charge in [-0.2, -0.15) is 0 Å². The molecule has 1 heterocycles. The van der Waals surface area contributed by atoms with Gasteiger partial charge in [0.2, 0.25) is 0 Å². The molecule has 2 aromatic carbocycles. The number of hydrogen-bond acceptors (Lipinski definition) is 4. The highest BCUT2D eigenvalue weighted by Crippen LogP contribution is 2.21. The number of hydrogen-bond donors (Lipinski definition) is 1. The largest absolute Gasteiger partial charge is 0.465 e. The smallest absolute Gasteiger partial charge is 0.337 e. The number of rotatable bonds is 3. The lowest BCUT2D eigenvalue weighted by molar-refractivity contribution is 0.0600. The number of esters is 1. The van der Waals surface area contributed by atoms with Crippen LogP contribution >= 0.6 is 0 Å². The van der Waals surface area contributed by atoms with Gasteiger partial charge in [0, 0.05) is 11.6 Å². The molecule has 6 heteroatoms. The van der Waals surface area contributed by atoms with Gasteiger partial charge in [-0.15, -0.1) is 0 Å². The first-order valence-electron chi connectivity index (χ1n) is 7.13. The third kappa shape index (κ3) is 2.94. The van der Waals surface area contributed by atoms with Crippen LogP contribution in [0.3, 0.4) is 0 Å². The van der Waals surface area contributed by atoms with E-state index in [0.717, 1.165) is 6.07 Å². The summed E-state index contributed by atoms with van der Waals surface area (Å²) in [5.41, 5.74) is 1.08. The van der Waals surface area contributed by atoms with Crippen LogP contribution in [0.25, 0.3) is 10.9 Å². The zero-order valence-corrected chi connectivity index (χ0v) is 12.7. The van der Waals surface area contributed by atoms with Crippen LogP contribution in [-0.2, 0) is 4.74 Å². The summed E-state index contributed by atoms with van der Waals surface area (Å²) < 4.78 is 18.5. The maximum absolute atomic E-state index is 13.9. The second kappa shape index (κ2) is 6.45. The average molecular weight is 324 g/mol. The highest BCUT2D eigenvalue weighted by molar-refractivity contribution is 6.12. The fraction of sp³-hybridized carbons (Fsp3) is 0.0556. The molecule has 0 aliphatic carbocycles. The Morgan fingerprint density at radius 3 is 2.71 bits per heavy atom. The van der Waals surface area contributed by atoms with Crippen LogP contribution in [0.1, 0.15) is 20.7 Å². The van der Waals surface area contributed by atoms with Gasteiger partial charge in [0.05, 0.1) is 29.4 Å². The molecule has 120 valence electrons. The van der Waals surface area contributed by atoms with Gasteiger partial charge in [-0.1, -0.05) is 18.2 Å². The second-order valence-electron chi connectivity index (χ2n) is 5.02. The van der Waals surface area contributed by atoms with Gasteiger partial charge in [0.15, 0.2) is 0 Å². The monoisotopic (exact) mass is 324 g/mol. The molecule has 0 fully saturated rings. The minimum Gasteiger partial charge on any atom is -0.465 e. The minimum atomic E-state index is -0.644. The van der Waals surface area contributed by atoms with Gasteiger partial charge in [-0.3, -0.25) is 9.78 Å². The number of pyridine rings is 1. The molecule has 3 rings (SSSR count). The minimum absolute atomic E-state index is 0.0937. The molecule has 5 nitrogen and oxygen atoms in total. The highest BCUT2D eigenvalue weighted by Gasteiger charge is 2.15. The maximum Gasteiger partial charge on any atom is 0.337 e. The molecule has 0 radical (unpaired) electrons. The molecule has 3 aromatic rings. The summed E-state index contributed by atoms with van der Waals surface area (Å²) in [5, 5.41) is 3.14. The van der Waals surface area contributed by atoms with Gasteiger partial charge in [-0.05, 0) is 30.3 Å². The van der Waals surface area contributed by atoms with E-state index in [0.29, 0.717) is 16.5 Å². The van der Waals surface area contributed by atoms with E-state index < -0.39 is 17.7 Å². The SMILES string of the molecule is COC(=O)c1ccc(F)c(NC(=O)c2ccnc3ccccc23)c1. The van der Waals surface area contributed by atoms with Crippen LogP contribution in [0.2, 0.25) is 0 Å². The molecule has 1 amide bonds.